The second kappa shape index (κ2) is 6.19. The molecule has 0 spiro atoms. The zero-order chi connectivity index (χ0) is 13.8. The lowest BCUT2D eigenvalue weighted by Crippen LogP contribution is -2.09. The van der Waals surface area contributed by atoms with Crippen LogP contribution >= 0.6 is 15.9 Å². The van der Waals surface area contributed by atoms with Crippen LogP contribution in [0.1, 0.15) is 24.7 Å². The standard InChI is InChI=1S/C14H17BrFN3/c1-3-5-19-6-4-17-14(19)9-18-13-8-12(16)11(15)7-10(13)2/h4,6-8,18H,3,5,9H2,1-2H3. The van der Waals surface area contributed by atoms with Crippen molar-refractivity contribution in [2.45, 2.75) is 33.4 Å². The van der Waals surface area contributed by atoms with Crippen molar-refractivity contribution in [2.75, 3.05) is 5.32 Å². The van der Waals surface area contributed by atoms with Gasteiger partial charge in [-0.2, -0.15) is 0 Å². The molecule has 1 aromatic heterocycles. The first-order valence-electron chi connectivity index (χ1n) is 6.31. The minimum absolute atomic E-state index is 0.259. The number of aryl methyl sites for hydroxylation is 2. The van der Waals surface area contributed by atoms with Crippen molar-refractivity contribution in [2.24, 2.45) is 0 Å². The fraction of sp³-hybridized carbons (Fsp3) is 0.357. The summed E-state index contributed by atoms with van der Waals surface area (Å²) in [5, 5.41) is 3.24. The van der Waals surface area contributed by atoms with Gasteiger partial charge in [0.25, 0.3) is 0 Å². The third-order valence-corrected chi connectivity index (χ3v) is 3.58. The summed E-state index contributed by atoms with van der Waals surface area (Å²) in [6, 6.07) is 3.28. The average Bonchev–Trinajstić information content (AvgIpc) is 2.80. The van der Waals surface area contributed by atoms with Crippen molar-refractivity contribution in [3.8, 4) is 0 Å². The van der Waals surface area contributed by atoms with E-state index in [2.05, 4.69) is 37.7 Å². The first-order valence-corrected chi connectivity index (χ1v) is 7.10. The molecule has 0 bridgehead atoms. The van der Waals surface area contributed by atoms with Gasteiger partial charge in [0.15, 0.2) is 0 Å². The van der Waals surface area contributed by atoms with Crippen LogP contribution < -0.4 is 5.32 Å². The molecule has 2 aromatic rings. The van der Waals surface area contributed by atoms with Gasteiger partial charge in [0.05, 0.1) is 11.0 Å². The molecule has 0 radical (unpaired) electrons. The minimum atomic E-state index is -0.259. The largest absolute Gasteiger partial charge is 0.378 e. The van der Waals surface area contributed by atoms with E-state index in [9.17, 15) is 4.39 Å². The lowest BCUT2D eigenvalue weighted by Gasteiger charge is -2.11. The summed E-state index contributed by atoms with van der Waals surface area (Å²) in [6.45, 7) is 5.62. The van der Waals surface area contributed by atoms with Crippen LogP contribution in [-0.2, 0) is 13.1 Å². The fourth-order valence-corrected chi connectivity index (χ4v) is 2.42. The number of benzene rings is 1. The van der Waals surface area contributed by atoms with E-state index in [-0.39, 0.29) is 5.82 Å². The molecule has 1 heterocycles. The van der Waals surface area contributed by atoms with Crippen LogP contribution in [-0.4, -0.2) is 9.55 Å². The van der Waals surface area contributed by atoms with Gasteiger partial charge in [0, 0.05) is 24.6 Å². The summed E-state index contributed by atoms with van der Waals surface area (Å²) >= 11 is 3.18. The summed E-state index contributed by atoms with van der Waals surface area (Å²) in [7, 11) is 0. The van der Waals surface area contributed by atoms with E-state index in [0.29, 0.717) is 11.0 Å². The summed E-state index contributed by atoms with van der Waals surface area (Å²) in [5.41, 5.74) is 1.80. The first-order chi connectivity index (χ1) is 9.11. The first kappa shape index (κ1) is 14.1. The van der Waals surface area contributed by atoms with Crippen LogP contribution in [0.2, 0.25) is 0 Å². The van der Waals surface area contributed by atoms with Crippen molar-refractivity contribution in [1.29, 1.82) is 0 Å². The van der Waals surface area contributed by atoms with E-state index in [0.717, 1.165) is 30.0 Å². The molecule has 102 valence electrons. The molecule has 5 heteroatoms. The van der Waals surface area contributed by atoms with Crippen LogP contribution in [0.5, 0.6) is 0 Å². The Morgan fingerprint density at radius 3 is 2.95 bits per heavy atom. The third-order valence-electron chi connectivity index (χ3n) is 2.97. The molecule has 2 rings (SSSR count). The molecule has 1 aromatic carbocycles. The smallest absolute Gasteiger partial charge is 0.139 e. The van der Waals surface area contributed by atoms with Gasteiger partial charge in [-0.05, 0) is 47.0 Å². The molecule has 0 amide bonds. The van der Waals surface area contributed by atoms with Gasteiger partial charge >= 0.3 is 0 Å². The van der Waals surface area contributed by atoms with Gasteiger partial charge in [0.2, 0.25) is 0 Å². The maximum Gasteiger partial charge on any atom is 0.139 e. The van der Waals surface area contributed by atoms with Crippen LogP contribution in [0.3, 0.4) is 0 Å². The number of hydrogen-bond donors (Lipinski definition) is 1. The lowest BCUT2D eigenvalue weighted by atomic mass is 10.2. The molecule has 0 unspecified atom stereocenters. The van der Waals surface area contributed by atoms with Crippen molar-refractivity contribution < 1.29 is 4.39 Å². The van der Waals surface area contributed by atoms with Crippen LogP contribution in [0.25, 0.3) is 0 Å². The summed E-state index contributed by atoms with van der Waals surface area (Å²) in [5.74, 6) is 0.703. The van der Waals surface area contributed by atoms with Crippen molar-refractivity contribution >= 4 is 21.6 Å². The molecule has 0 saturated carbocycles. The SMILES string of the molecule is CCCn1ccnc1CNc1cc(F)c(Br)cc1C. The number of hydrogen-bond acceptors (Lipinski definition) is 2. The second-order valence-electron chi connectivity index (χ2n) is 4.47. The van der Waals surface area contributed by atoms with Crippen LogP contribution in [0, 0.1) is 12.7 Å². The number of halogens is 2. The Bertz CT molecular complexity index is 566. The maximum atomic E-state index is 13.5. The van der Waals surface area contributed by atoms with Gasteiger partial charge in [0.1, 0.15) is 11.6 Å². The number of nitrogens with one attached hydrogen (secondary N) is 1. The monoisotopic (exact) mass is 325 g/mol. The molecule has 1 N–H and O–H groups in total. The number of aromatic nitrogens is 2. The normalized spacial score (nSPS) is 10.7. The maximum absolute atomic E-state index is 13.5. The predicted octanol–water partition coefficient (Wildman–Crippen LogP) is 4.12. The van der Waals surface area contributed by atoms with Gasteiger partial charge < -0.3 is 9.88 Å². The van der Waals surface area contributed by atoms with Crippen molar-refractivity contribution in [3.63, 3.8) is 0 Å². The van der Waals surface area contributed by atoms with Gasteiger partial charge in [-0.1, -0.05) is 6.92 Å². The van der Waals surface area contributed by atoms with Crippen molar-refractivity contribution in [1.82, 2.24) is 9.55 Å². The highest BCUT2D eigenvalue weighted by atomic mass is 79.9. The van der Waals surface area contributed by atoms with Crippen LogP contribution in [0.4, 0.5) is 10.1 Å². The number of imidazole rings is 1. The Morgan fingerprint density at radius 2 is 2.21 bits per heavy atom. The van der Waals surface area contributed by atoms with E-state index in [4.69, 9.17) is 0 Å². The van der Waals surface area contributed by atoms with Gasteiger partial charge in [-0.25, -0.2) is 9.37 Å². The highest BCUT2D eigenvalue weighted by Crippen LogP contribution is 2.24. The summed E-state index contributed by atoms with van der Waals surface area (Å²) in [4.78, 5) is 4.32. The second-order valence-corrected chi connectivity index (χ2v) is 5.33. The molecule has 0 aliphatic rings. The molecular weight excluding hydrogens is 309 g/mol. The van der Waals surface area contributed by atoms with E-state index >= 15 is 0 Å². The number of anilines is 1. The van der Waals surface area contributed by atoms with Gasteiger partial charge in [-0.15, -0.1) is 0 Å². The Labute approximate surface area is 121 Å². The fourth-order valence-electron chi connectivity index (χ4n) is 1.96. The zero-order valence-electron chi connectivity index (χ0n) is 11.1. The highest BCUT2D eigenvalue weighted by Gasteiger charge is 2.07. The minimum Gasteiger partial charge on any atom is -0.378 e. The average molecular weight is 326 g/mol. The Morgan fingerprint density at radius 1 is 1.42 bits per heavy atom. The van der Waals surface area contributed by atoms with Crippen molar-refractivity contribution in [3.05, 3.63) is 46.2 Å². The van der Waals surface area contributed by atoms with E-state index in [1.54, 1.807) is 12.3 Å². The molecule has 0 saturated heterocycles. The summed E-state index contributed by atoms with van der Waals surface area (Å²) < 4.78 is 16.1. The predicted molar refractivity (Wildman–Crippen MR) is 78.7 cm³/mol. The van der Waals surface area contributed by atoms with Crippen LogP contribution in [0.15, 0.2) is 29.0 Å². The van der Waals surface area contributed by atoms with E-state index in [1.165, 1.54) is 6.07 Å². The Balaban J connectivity index is 2.10. The van der Waals surface area contributed by atoms with E-state index in [1.807, 2.05) is 13.1 Å². The molecule has 0 atom stereocenters. The molecular formula is C14H17BrFN3. The molecule has 0 aliphatic carbocycles. The highest BCUT2D eigenvalue weighted by molar-refractivity contribution is 9.10. The molecule has 0 fully saturated rings. The Kier molecular flexibility index (Phi) is 4.58. The Hall–Kier alpha value is -1.36. The quantitative estimate of drug-likeness (QED) is 0.896. The van der Waals surface area contributed by atoms with E-state index < -0.39 is 0 Å². The third kappa shape index (κ3) is 3.35. The summed E-state index contributed by atoms with van der Waals surface area (Å²) in [6.07, 6.45) is 4.83. The zero-order valence-corrected chi connectivity index (χ0v) is 12.7. The number of nitrogens with zero attached hydrogens (tertiary/aromatic N) is 2. The lowest BCUT2D eigenvalue weighted by molar-refractivity contribution is 0.620. The molecule has 3 nitrogen and oxygen atoms in total. The molecule has 19 heavy (non-hydrogen) atoms. The van der Waals surface area contributed by atoms with Gasteiger partial charge in [-0.3, -0.25) is 0 Å². The molecule has 0 aliphatic heterocycles. The topological polar surface area (TPSA) is 29.9 Å². The number of rotatable bonds is 5.